The molecular weight excluding hydrogens is 356 g/mol. The van der Waals surface area contributed by atoms with Gasteiger partial charge in [0.15, 0.2) is 5.78 Å². The standard InChI is InChI=1S/C27H22O2/c1-18-10-8-17-23(25(18)28)27(20-13-6-3-7-14-20)22-16-9-15-21(22)24(26(27)29)19-11-4-2-5-12-19/h2-8,10-14,16-17,28H,9,15H2,1H3. The van der Waals surface area contributed by atoms with E-state index in [1.807, 2.05) is 85.8 Å². The van der Waals surface area contributed by atoms with E-state index in [9.17, 15) is 9.90 Å². The molecule has 0 heterocycles. The molecule has 2 heteroatoms. The maximum absolute atomic E-state index is 14.3. The average molecular weight is 378 g/mol. The van der Waals surface area contributed by atoms with Crippen LogP contribution in [0, 0.1) is 6.92 Å². The molecule has 1 atom stereocenters. The summed E-state index contributed by atoms with van der Waals surface area (Å²) in [5.41, 5.74) is 5.24. The van der Waals surface area contributed by atoms with Crippen LogP contribution in [0.3, 0.4) is 0 Å². The number of allylic oxidation sites excluding steroid dienone is 4. The van der Waals surface area contributed by atoms with E-state index < -0.39 is 5.41 Å². The Balaban J connectivity index is 1.86. The van der Waals surface area contributed by atoms with E-state index in [4.69, 9.17) is 0 Å². The van der Waals surface area contributed by atoms with Crippen LogP contribution in [0.1, 0.15) is 35.1 Å². The number of fused-ring (bicyclic) bond motifs is 1. The molecule has 0 aromatic heterocycles. The number of aryl methyl sites for hydroxylation is 1. The molecule has 1 N–H and O–H groups in total. The molecule has 0 fully saturated rings. The molecule has 0 amide bonds. The van der Waals surface area contributed by atoms with Crippen molar-refractivity contribution in [1.82, 2.24) is 0 Å². The predicted molar refractivity (Wildman–Crippen MR) is 116 cm³/mol. The molecule has 5 rings (SSSR count). The van der Waals surface area contributed by atoms with Crippen LogP contribution in [-0.4, -0.2) is 10.9 Å². The molecule has 29 heavy (non-hydrogen) atoms. The highest BCUT2D eigenvalue weighted by molar-refractivity contribution is 6.33. The Hall–Kier alpha value is -3.39. The first-order valence-electron chi connectivity index (χ1n) is 10.0. The molecule has 0 spiro atoms. The van der Waals surface area contributed by atoms with E-state index in [0.29, 0.717) is 5.56 Å². The van der Waals surface area contributed by atoms with Crippen molar-refractivity contribution in [1.29, 1.82) is 0 Å². The number of phenolic OH excluding ortho intramolecular Hbond substituents is 1. The number of aromatic hydroxyl groups is 1. The van der Waals surface area contributed by atoms with Gasteiger partial charge in [-0.15, -0.1) is 0 Å². The van der Waals surface area contributed by atoms with Crippen molar-refractivity contribution in [3.63, 3.8) is 0 Å². The third-order valence-corrected chi connectivity index (χ3v) is 6.25. The fourth-order valence-electron chi connectivity index (χ4n) is 4.97. The topological polar surface area (TPSA) is 37.3 Å². The fourth-order valence-corrected chi connectivity index (χ4v) is 4.97. The van der Waals surface area contributed by atoms with Gasteiger partial charge in [-0.05, 0) is 47.6 Å². The van der Waals surface area contributed by atoms with Gasteiger partial charge in [-0.1, -0.05) is 84.9 Å². The van der Waals surface area contributed by atoms with Crippen molar-refractivity contribution < 1.29 is 9.90 Å². The SMILES string of the molecule is Cc1cccc(C2(c3ccccc3)C(=O)C(c3ccccc3)=C3CCC=C32)c1O. The first-order chi connectivity index (χ1) is 14.2. The van der Waals surface area contributed by atoms with Gasteiger partial charge in [-0.25, -0.2) is 0 Å². The van der Waals surface area contributed by atoms with E-state index >= 15 is 0 Å². The first-order valence-corrected chi connectivity index (χ1v) is 10.0. The van der Waals surface area contributed by atoms with Gasteiger partial charge in [0.05, 0.1) is 0 Å². The summed E-state index contributed by atoms with van der Waals surface area (Å²) in [4.78, 5) is 14.3. The maximum atomic E-state index is 14.3. The molecule has 2 aliphatic carbocycles. The Kier molecular flexibility index (Phi) is 4.02. The Labute approximate surface area is 170 Å². The normalized spacial score (nSPS) is 20.7. The van der Waals surface area contributed by atoms with Crippen LogP contribution in [0.5, 0.6) is 5.75 Å². The second-order valence-electron chi connectivity index (χ2n) is 7.79. The number of benzene rings is 3. The number of rotatable bonds is 3. The number of carbonyl (C=O) groups excluding carboxylic acids is 1. The number of phenols is 1. The highest BCUT2D eigenvalue weighted by Crippen LogP contribution is 2.57. The van der Waals surface area contributed by atoms with Crippen molar-refractivity contribution in [2.24, 2.45) is 0 Å². The Morgan fingerprint density at radius 2 is 1.55 bits per heavy atom. The van der Waals surface area contributed by atoms with Crippen LogP contribution in [-0.2, 0) is 10.2 Å². The maximum Gasteiger partial charge on any atom is 0.183 e. The van der Waals surface area contributed by atoms with Crippen LogP contribution >= 0.6 is 0 Å². The molecule has 0 radical (unpaired) electrons. The third-order valence-electron chi connectivity index (χ3n) is 6.25. The highest BCUT2D eigenvalue weighted by Gasteiger charge is 2.55. The smallest absolute Gasteiger partial charge is 0.183 e. The molecule has 142 valence electrons. The number of ketones is 1. The Morgan fingerprint density at radius 1 is 0.862 bits per heavy atom. The number of carbonyl (C=O) groups is 1. The Bertz CT molecular complexity index is 1170. The fraction of sp³-hybridized carbons (Fsp3) is 0.148. The van der Waals surface area contributed by atoms with Gasteiger partial charge in [0, 0.05) is 11.1 Å². The minimum atomic E-state index is -1.01. The van der Waals surface area contributed by atoms with Gasteiger partial charge in [-0.2, -0.15) is 0 Å². The van der Waals surface area contributed by atoms with Crippen LogP contribution < -0.4 is 0 Å². The second kappa shape index (κ2) is 6.59. The lowest BCUT2D eigenvalue weighted by molar-refractivity contribution is -0.116. The molecule has 3 aromatic carbocycles. The molecule has 2 nitrogen and oxygen atoms in total. The van der Waals surface area contributed by atoms with Gasteiger partial charge < -0.3 is 5.11 Å². The van der Waals surface area contributed by atoms with Gasteiger partial charge in [0.25, 0.3) is 0 Å². The summed E-state index contributed by atoms with van der Waals surface area (Å²) in [6, 6.07) is 25.5. The molecule has 0 aliphatic heterocycles. The second-order valence-corrected chi connectivity index (χ2v) is 7.79. The van der Waals surface area contributed by atoms with Gasteiger partial charge in [-0.3, -0.25) is 4.79 Å². The van der Waals surface area contributed by atoms with Crippen molar-refractivity contribution in [2.75, 3.05) is 0 Å². The van der Waals surface area contributed by atoms with Crippen molar-refractivity contribution in [2.45, 2.75) is 25.2 Å². The summed E-state index contributed by atoms with van der Waals surface area (Å²) >= 11 is 0. The van der Waals surface area contributed by atoms with Gasteiger partial charge in [0.2, 0.25) is 0 Å². The molecule has 1 unspecified atom stereocenters. The Morgan fingerprint density at radius 3 is 2.28 bits per heavy atom. The number of Topliss-reactive ketones (excluding diaryl/α,β-unsaturated/α-hetero) is 1. The van der Waals surface area contributed by atoms with Crippen LogP contribution in [0.2, 0.25) is 0 Å². The monoisotopic (exact) mass is 378 g/mol. The minimum Gasteiger partial charge on any atom is -0.507 e. The summed E-state index contributed by atoms with van der Waals surface area (Å²) in [6.45, 7) is 1.88. The molecule has 2 aliphatic rings. The summed E-state index contributed by atoms with van der Waals surface area (Å²) in [5, 5.41) is 11.1. The van der Waals surface area contributed by atoms with Crippen molar-refractivity contribution >= 4 is 11.4 Å². The summed E-state index contributed by atoms with van der Waals surface area (Å²) < 4.78 is 0. The van der Waals surface area contributed by atoms with E-state index in [-0.39, 0.29) is 11.5 Å². The lowest BCUT2D eigenvalue weighted by atomic mass is 9.67. The average Bonchev–Trinajstić information content (AvgIpc) is 3.31. The minimum absolute atomic E-state index is 0.0525. The number of hydrogen-bond acceptors (Lipinski definition) is 2. The van der Waals surface area contributed by atoms with Crippen LogP contribution in [0.15, 0.2) is 96.1 Å². The quantitative estimate of drug-likeness (QED) is 0.631. The first kappa shape index (κ1) is 17.7. The molecule has 3 aromatic rings. The molecule has 0 saturated carbocycles. The summed E-state index contributed by atoms with van der Waals surface area (Å²) in [7, 11) is 0. The zero-order valence-electron chi connectivity index (χ0n) is 16.4. The van der Waals surface area contributed by atoms with Crippen LogP contribution in [0.4, 0.5) is 0 Å². The van der Waals surface area contributed by atoms with E-state index in [1.54, 1.807) is 0 Å². The lowest BCUT2D eigenvalue weighted by Gasteiger charge is -2.32. The number of hydrogen-bond donors (Lipinski definition) is 1. The summed E-state index contributed by atoms with van der Waals surface area (Å²) in [5.74, 6) is 0.253. The van der Waals surface area contributed by atoms with Gasteiger partial charge >= 0.3 is 0 Å². The summed E-state index contributed by atoms with van der Waals surface area (Å²) in [6.07, 6.45) is 3.96. The van der Waals surface area contributed by atoms with Crippen molar-refractivity contribution in [3.8, 4) is 5.75 Å². The number of para-hydroxylation sites is 1. The van der Waals surface area contributed by atoms with E-state index in [0.717, 1.165) is 46.3 Å². The zero-order chi connectivity index (χ0) is 20.0. The predicted octanol–water partition coefficient (Wildman–Crippen LogP) is 5.74. The third kappa shape index (κ3) is 2.39. The van der Waals surface area contributed by atoms with Crippen LogP contribution in [0.25, 0.3) is 5.57 Å². The molecular formula is C27H22O2. The van der Waals surface area contributed by atoms with Gasteiger partial charge in [0.1, 0.15) is 11.2 Å². The molecule has 0 saturated heterocycles. The van der Waals surface area contributed by atoms with Crippen molar-refractivity contribution in [3.05, 3.63) is 118 Å². The van der Waals surface area contributed by atoms with E-state index in [2.05, 4.69) is 6.08 Å². The highest BCUT2D eigenvalue weighted by atomic mass is 16.3. The molecule has 0 bridgehead atoms. The zero-order valence-corrected chi connectivity index (χ0v) is 16.4. The lowest BCUT2D eigenvalue weighted by Crippen LogP contribution is -2.36. The van der Waals surface area contributed by atoms with E-state index in [1.165, 1.54) is 0 Å². The largest absolute Gasteiger partial charge is 0.507 e.